The number of hydrogen-bond acceptors (Lipinski definition) is 3. The van der Waals surface area contributed by atoms with Crippen LogP contribution in [0.3, 0.4) is 0 Å². The van der Waals surface area contributed by atoms with Gasteiger partial charge in [-0.2, -0.15) is 11.8 Å². The van der Waals surface area contributed by atoms with Crippen LogP contribution in [0.4, 0.5) is 0 Å². The molecule has 5 heteroatoms. The summed E-state index contributed by atoms with van der Waals surface area (Å²) < 4.78 is 0. The van der Waals surface area contributed by atoms with Gasteiger partial charge in [-0.05, 0) is 37.9 Å². The molecule has 1 saturated carbocycles. The summed E-state index contributed by atoms with van der Waals surface area (Å²) >= 11 is 1.94. The second-order valence-corrected chi connectivity index (χ2v) is 8.05. The standard InChI is InChI=1S/C17H28N2O2S/c20-16(18-8-3-4-9-18)14-6-1-2-7-15(14)17(21)19-10-5-12-22-13-11-19/h14-15H,1-13H2/t14-,15+/m1/s1. The molecular weight excluding hydrogens is 296 g/mol. The first kappa shape index (κ1) is 16.2. The second kappa shape index (κ2) is 7.71. The van der Waals surface area contributed by atoms with E-state index < -0.39 is 0 Å². The quantitative estimate of drug-likeness (QED) is 0.783. The Hall–Kier alpha value is -0.710. The minimum Gasteiger partial charge on any atom is -0.342 e. The number of rotatable bonds is 2. The van der Waals surface area contributed by atoms with E-state index in [4.69, 9.17) is 0 Å². The van der Waals surface area contributed by atoms with E-state index >= 15 is 0 Å². The van der Waals surface area contributed by atoms with Gasteiger partial charge in [0.2, 0.25) is 11.8 Å². The van der Waals surface area contributed by atoms with Crippen molar-refractivity contribution in [3.05, 3.63) is 0 Å². The SMILES string of the molecule is O=C([C@H]1CCCC[C@H]1C(=O)N1CCCC1)N1CCCSCC1. The lowest BCUT2D eigenvalue weighted by Gasteiger charge is -2.35. The third-order valence-corrected chi connectivity index (χ3v) is 6.40. The van der Waals surface area contributed by atoms with Crippen molar-refractivity contribution in [3.63, 3.8) is 0 Å². The van der Waals surface area contributed by atoms with Crippen LogP contribution in [-0.2, 0) is 9.59 Å². The van der Waals surface area contributed by atoms with Crippen molar-refractivity contribution in [1.82, 2.24) is 9.80 Å². The molecule has 4 nitrogen and oxygen atoms in total. The van der Waals surface area contributed by atoms with Crippen LogP contribution in [0.25, 0.3) is 0 Å². The molecule has 3 rings (SSSR count). The first-order valence-corrected chi connectivity index (χ1v) is 10.1. The van der Waals surface area contributed by atoms with E-state index in [0.29, 0.717) is 0 Å². The molecule has 0 aromatic heterocycles. The van der Waals surface area contributed by atoms with Crippen LogP contribution < -0.4 is 0 Å². The molecule has 0 bridgehead atoms. The van der Waals surface area contributed by atoms with Gasteiger partial charge in [-0.15, -0.1) is 0 Å². The van der Waals surface area contributed by atoms with Crippen molar-refractivity contribution in [2.24, 2.45) is 11.8 Å². The molecule has 22 heavy (non-hydrogen) atoms. The Kier molecular flexibility index (Phi) is 5.66. The summed E-state index contributed by atoms with van der Waals surface area (Å²) in [7, 11) is 0. The number of carbonyl (C=O) groups is 2. The normalized spacial score (nSPS) is 30.2. The highest BCUT2D eigenvalue weighted by molar-refractivity contribution is 7.99. The molecule has 1 aliphatic carbocycles. The van der Waals surface area contributed by atoms with Crippen LogP contribution in [0.2, 0.25) is 0 Å². The lowest BCUT2D eigenvalue weighted by molar-refractivity contribution is -0.147. The van der Waals surface area contributed by atoms with Gasteiger partial charge in [0.05, 0.1) is 0 Å². The van der Waals surface area contributed by atoms with Crippen LogP contribution in [0.15, 0.2) is 0 Å². The maximum atomic E-state index is 13.0. The summed E-state index contributed by atoms with van der Waals surface area (Å²) in [6.45, 7) is 3.55. The van der Waals surface area contributed by atoms with E-state index in [1.165, 1.54) is 0 Å². The van der Waals surface area contributed by atoms with Crippen molar-refractivity contribution >= 4 is 23.6 Å². The molecule has 0 aromatic rings. The maximum absolute atomic E-state index is 13.0. The van der Waals surface area contributed by atoms with Gasteiger partial charge in [-0.1, -0.05) is 12.8 Å². The average molecular weight is 324 g/mol. The van der Waals surface area contributed by atoms with Crippen molar-refractivity contribution in [2.75, 3.05) is 37.7 Å². The summed E-state index contributed by atoms with van der Waals surface area (Å²) in [5.41, 5.74) is 0. The highest BCUT2D eigenvalue weighted by Gasteiger charge is 2.40. The summed E-state index contributed by atoms with van der Waals surface area (Å²) in [6.07, 6.45) is 7.36. The molecule has 124 valence electrons. The molecule has 0 radical (unpaired) electrons. The fourth-order valence-electron chi connectivity index (χ4n) is 4.10. The Labute approximate surface area is 138 Å². The smallest absolute Gasteiger partial charge is 0.226 e. The second-order valence-electron chi connectivity index (χ2n) is 6.82. The molecule has 2 atom stereocenters. The van der Waals surface area contributed by atoms with Crippen LogP contribution in [0.5, 0.6) is 0 Å². The Morgan fingerprint density at radius 2 is 1.23 bits per heavy atom. The van der Waals surface area contributed by atoms with Crippen LogP contribution >= 0.6 is 11.8 Å². The van der Waals surface area contributed by atoms with E-state index in [-0.39, 0.29) is 23.7 Å². The Bertz CT molecular complexity index is 401. The molecule has 0 N–H and O–H groups in total. The van der Waals surface area contributed by atoms with E-state index in [1.54, 1.807) is 0 Å². The van der Waals surface area contributed by atoms with E-state index in [0.717, 1.165) is 82.6 Å². The number of carbonyl (C=O) groups excluding carboxylic acids is 2. The third-order valence-electron chi connectivity index (χ3n) is 5.35. The summed E-state index contributed by atoms with van der Waals surface area (Å²) in [6, 6.07) is 0. The fourth-order valence-corrected chi connectivity index (χ4v) is 4.98. The predicted molar refractivity (Wildman–Crippen MR) is 89.8 cm³/mol. The zero-order valence-electron chi connectivity index (χ0n) is 13.5. The molecule has 2 amide bonds. The summed E-state index contributed by atoms with van der Waals surface area (Å²) in [5, 5.41) is 0. The van der Waals surface area contributed by atoms with Gasteiger partial charge in [0, 0.05) is 43.8 Å². The van der Waals surface area contributed by atoms with E-state index in [2.05, 4.69) is 0 Å². The Morgan fingerprint density at radius 3 is 1.86 bits per heavy atom. The highest BCUT2D eigenvalue weighted by Crippen LogP contribution is 2.34. The van der Waals surface area contributed by atoms with Gasteiger partial charge in [0.25, 0.3) is 0 Å². The molecule has 0 aromatic carbocycles. The topological polar surface area (TPSA) is 40.6 Å². The molecule has 3 fully saturated rings. The number of nitrogens with zero attached hydrogens (tertiary/aromatic N) is 2. The van der Waals surface area contributed by atoms with E-state index in [9.17, 15) is 9.59 Å². The van der Waals surface area contributed by atoms with Crippen LogP contribution in [-0.4, -0.2) is 59.3 Å². The average Bonchev–Trinajstić information content (AvgIpc) is 2.96. The summed E-state index contributed by atoms with van der Waals surface area (Å²) in [4.78, 5) is 29.8. The van der Waals surface area contributed by atoms with E-state index in [1.807, 2.05) is 21.6 Å². The van der Waals surface area contributed by atoms with Gasteiger partial charge >= 0.3 is 0 Å². The van der Waals surface area contributed by atoms with Gasteiger partial charge < -0.3 is 9.80 Å². The molecule has 3 aliphatic rings. The minimum atomic E-state index is -0.0510. The number of likely N-dealkylation sites (tertiary alicyclic amines) is 1. The minimum absolute atomic E-state index is 0.0461. The molecular formula is C17H28N2O2S. The van der Waals surface area contributed by atoms with Crippen molar-refractivity contribution in [3.8, 4) is 0 Å². The molecule has 0 unspecified atom stereocenters. The maximum Gasteiger partial charge on any atom is 0.226 e. The molecule has 2 heterocycles. The molecule has 0 spiro atoms. The summed E-state index contributed by atoms with van der Waals surface area (Å²) in [5.74, 6) is 2.63. The Balaban J connectivity index is 1.68. The largest absolute Gasteiger partial charge is 0.342 e. The van der Waals surface area contributed by atoms with Crippen molar-refractivity contribution in [1.29, 1.82) is 0 Å². The van der Waals surface area contributed by atoms with Gasteiger partial charge in [0.1, 0.15) is 0 Å². The molecule has 2 aliphatic heterocycles. The predicted octanol–water partition coefficient (Wildman–Crippen LogP) is 2.38. The highest BCUT2D eigenvalue weighted by atomic mass is 32.2. The lowest BCUT2D eigenvalue weighted by atomic mass is 9.77. The first-order chi connectivity index (χ1) is 10.8. The number of hydrogen-bond donors (Lipinski definition) is 0. The zero-order chi connectivity index (χ0) is 15.4. The van der Waals surface area contributed by atoms with Crippen LogP contribution in [0, 0.1) is 11.8 Å². The van der Waals surface area contributed by atoms with Gasteiger partial charge in [-0.3, -0.25) is 9.59 Å². The number of amides is 2. The fraction of sp³-hybridized carbons (Fsp3) is 0.882. The van der Waals surface area contributed by atoms with Crippen LogP contribution in [0.1, 0.15) is 44.9 Å². The van der Waals surface area contributed by atoms with Gasteiger partial charge in [-0.25, -0.2) is 0 Å². The van der Waals surface area contributed by atoms with Gasteiger partial charge in [0.15, 0.2) is 0 Å². The monoisotopic (exact) mass is 324 g/mol. The van der Waals surface area contributed by atoms with Crippen molar-refractivity contribution < 1.29 is 9.59 Å². The first-order valence-electron chi connectivity index (χ1n) is 8.92. The van der Waals surface area contributed by atoms with Crippen molar-refractivity contribution in [2.45, 2.75) is 44.9 Å². The lowest BCUT2D eigenvalue weighted by Crippen LogP contribution is -2.46. The number of thioether (sulfide) groups is 1. The third kappa shape index (κ3) is 3.61. The zero-order valence-corrected chi connectivity index (χ0v) is 14.3. The molecule has 2 saturated heterocycles. The Morgan fingerprint density at radius 1 is 0.682 bits per heavy atom.